The molecular formula is C14H22NaO. The first-order valence-electron chi connectivity index (χ1n) is 5.77. The van der Waals surface area contributed by atoms with Crippen LogP contribution in [0.15, 0.2) is 18.2 Å². The standard InChI is InChI=1S/C14H22O.Na/c1-5-6-9-14(3,4)12-8-7-11(2)10-13(12)15;/h7-8,10,15H,5-6,9H2,1-4H3;. The smallest absolute Gasteiger partial charge is 0.119 e. The van der Waals surface area contributed by atoms with Gasteiger partial charge in [-0.25, -0.2) is 0 Å². The van der Waals surface area contributed by atoms with Crippen molar-refractivity contribution in [3.05, 3.63) is 29.3 Å². The number of rotatable bonds is 4. The van der Waals surface area contributed by atoms with E-state index in [1.807, 2.05) is 13.0 Å². The first-order valence-corrected chi connectivity index (χ1v) is 5.77. The van der Waals surface area contributed by atoms with Crippen LogP contribution in [0.5, 0.6) is 5.75 Å². The van der Waals surface area contributed by atoms with Crippen LogP contribution in [0.4, 0.5) is 0 Å². The van der Waals surface area contributed by atoms with Crippen molar-refractivity contribution in [3.63, 3.8) is 0 Å². The van der Waals surface area contributed by atoms with E-state index in [1.165, 1.54) is 12.8 Å². The second-order valence-electron chi connectivity index (χ2n) is 5.01. The summed E-state index contributed by atoms with van der Waals surface area (Å²) in [6, 6.07) is 5.98. The predicted octanol–water partition coefficient (Wildman–Crippen LogP) is 3.79. The van der Waals surface area contributed by atoms with Gasteiger partial charge in [-0.3, -0.25) is 0 Å². The molecule has 1 N–H and O–H groups in total. The second kappa shape index (κ2) is 6.68. The van der Waals surface area contributed by atoms with Crippen LogP contribution >= 0.6 is 0 Å². The van der Waals surface area contributed by atoms with Crippen molar-refractivity contribution in [2.75, 3.05) is 0 Å². The largest absolute Gasteiger partial charge is 0.508 e. The van der Waals surface area contributed by atoms with E-state index < -0.39 is 0 Å². The molecule has 0 aliphatic carbocycles. The zero-order valence-corrected chi connectivity index (χ0v) is 13.3. The van der Waals surface area contributed by atoms with Crippen molar-refractivity contribution < 1.29 is 5.11 Å². The van der Waals surface area contributed by atoms with E-state index >= 15 is 0 Å². The van der Waals surface area contributed by atoms with Gasteiger partial charge in [-0.2, -0.15) is 0 Å². The van der Waals surface area contributed by atoms with Gasteiger partial charge in [-0.05, 0) is 36.0 Å². The first-order chi connectivity index (χ1) is 6.97. The fourth-order valence-corrected chi connectivity index (χ4v) is 1.97. The molecule has 0 saturated carbocycles. The molecule has 0 amide bonds. The average molecular weight is 229 g/mol. The molecule has 16 heavy (non-hydrogen) atoms. The van der Waals surface area contributed by atoms with E-state index in [0.717, 1.165) is 17.5 Å². The average Bonchev–Trinajstić information content (AvgIpc) is 2.14. The molecule has 0 aliphatic heterocycles. The third kappa shape index (κ3) is 4.12. The summed E-state index contributed by atoms with van der Waals surface area (Å²) in [6.07, 6.45) is 3.54. The number of phenolic OH excluding ortho intramolecular Hbond substituents is 1. The molecule has 85 valence electrons. The summed E-state index contributed by atoms with van der Waals surface area (Å²) in [5.74, 6) is 0.441. The van der Waals surface area contributed by atoms with E-state index in [-0.39, 0.29) is 35.0 Å². The molecule has 1 rings (SSSR count). The van der Waals surface area contributed by atoms with Crippen molar-refractivity contribution in [2.45, 2.75) is 52.4 Å². The topological polar surface area (TPSA) is 20.2 Å². The molecule has 0 spiro atoms. The number of aryl methyl sites for hydroxylation is 1. The van der Waals surface area contributed by atoms with Crippen LogP contribution in [-0.4, -0.2) is 34.7 Å². The zero-order chi connectivity index (χ0) is 11.5. The van der Waals surface area contributed by atoms with Gasteiger partial charge in [-0.1, -0.05) is 45.7 Å². The summed E-state index contributed by atoms with van der Waals surface area (Å²) in [7, 11) is 0. The SMILES string of the molecule is CCCCC(C)(C)c1ccc(C)cc1O.[Na]. The Morgan fingerprint density at radius 1 is 1.25 bits per heavy atom. The fourth-order valence-electron chi connectivity index (χ4n) is 1.97. The van der Waals surface area contributed by atoms with Crippen molar-refractivity contribution in [3.8, 4) is 5.75 Å². The molecule has 2 heteroatoms. The fraction of sp³-hybridized carbons (Fsp3) is 0.571. The normalized spacial score (nSPS) is 11.0. The summed E-state index contributed by atoms with van der Waals surface area (Å²) in [5.41, 5.74) is 2.26. The molecule has 0 unspecified atom stereocenters. The van der Waals surface area contributed by atoms with Crippen LogP contribution in [0.1, 0.15) is 51.2 Å². The molecule has 1 radical (unpaired) electrons. The molecule has 0 aliphatic rings. The summed E-state index contributed by atoms with van der Waals surface area (Å²) < 4.78 is 0. The summed E-state index contributed by atoms with van der Waals surface area (Å²) in [4.78, 5) is 0. The van der Waals surface area contributed by atoms with Gasteiger partial charge in [0.1, 0.15) is 5.75 Å². The molecule has 1 nitrogen and oxygen atoms in total. The van der Waals surface area contributed by atoms with E-state index in [4.69, 9.17) is 0 Å². The minimum atomic E-state index is 0. The van der Waals surface area contributed by atoms with E-state index in [9.17, 15) is 5.11 Å². The summed E-state index contributed by atoms with van der Waals surface area (Å²) >= 11 is 0. The molecule has 0 fully saturated rings. The molecular weight excluding hydrogens is 207 g/mol. The Hall–Kier alpha value is 0.0200. The van der Waals surface area contributed by atoms with Crippen LogP contribution in [0.3, 0.4) is 0 Å². The molecule has 0 saturated heterocycles. The molecule has 0 aromatic heterocycles. The van der Waals surface area contributed by atoms with E-state index in [2.05, 4.69) is 32.9 Å². The summed E-state index contributed by atoms with van der Waals surface area (Å²) in [5, 5.41) is 9.93. The molecule has 0 bridgehead atoms. The number of benzene rings is 1. The van der Waals surface area contributed by atoms with Crippen molar-refractivity contribution in [1.82, 2.24) is 0 Å². The quantitative estimate of drug-likeness (QED) is 0.779. The summed E-state index contributed by atoms with van der Waals surface area (Å²) in [6.45, 7) is 8.60. The van der Waals surface area contributed by atoms with Crippen LogP contribution in [0.25, 0.3) is 0 Å². The van der Waals surface area contributed by atoms with Gasteiger partial charge in [0.25, 0.3) is 0 Å². The third-order valence-corrected chi connectivity index (χ3v) is 3.04. The van der Waals surface area contributed by atoms with Gasteiger partial charge in [0, 0.05) is 29.6 Å². The number of hydrogen-bond donors (Lipinski definition) is 1. The van der Waals surface area contributed by atoms with Crippen molar-refractivity contribution in [1.29, 1.82) is 0 Å². The van der Waals surface area contributed by atoms with Gasteiger partial charge in [0.2, 0.25) is 0 Å². The van der Waals surface area contributed by atoms with E-state index in [0.29, 0.717) is 5.75 Å². The van der Waals surface area contributed by atoms with Gasteiger partial charge >= 0.3 is 0 Å². The maximum absolute atomic E-state index is 9.93. The maximum atomic E-state index is 9.93. The van der Waals surface area contributed by atoms with Crippen LogP contribution in [-0.2, 0) is 5.41 Å². The van der Waals surface area contributed by atoms with Crippen LogP contribution in [0, 0.1) is 6.92 Å². The molecule has 0 heterocycles. The van der Waals surface area contributed by atoms with Crippen molar-refractivity contribution >= 4 is 29.6 Å². The van der Waals surface area contributed by atoms with Crippen LogP contribution in [0.2, 0.25) is 0 Å². The van der Waals surface area contributed by atoms with Gasteiger partial charge in [-0.15, -0.1) is 0 Å². The Morgan fingerprint density at radius 3 is 2.38 bits per heavy atom. The monoisotopic (exact) mass is 229 g/mol. The second-order valence-corrected chi connectivity index (χ2v) is 5.01. The van der Waals surface area contributed by atoms with Gasteiger partial charge in [0.05, 0.1) is 0 Å². The number of unbranched alkanes of at least 4 members (excludes halogenated alkanes) is 1. The Balaban J connectivity index is 0.00000225. The molecule has 1 aromatic rings. The number of hydrogen-bond acceptors (Lipinski definition) is 1. The number of aromatic hydroxyl groups is 1. The molecule has 1 aromatic carbocycles. The zero-order valence-electron chi connectivity index (χ0n) is 11.3. The minimum absolute atomic E-state index is 0. The molecule has 0 atom stereocenters. The Kier molecular flexibility index (Phi) is 6.69. The van der Waals surface area contributed by atoms with Crippen molar-refractivity contribution in [2.24, 2.45) is 0 Å². The minimum Gasteiger partial charge on any atom is -0.508 e. The van der Waals surface area contributed by atoms with E-state index in [1.54, 1.807) is 0 Å². The maximum Gasteiger partial charge on any atom is 0.119 e. The third-order valence-electron chi connectivity index (χ3n) is 3.04. The van der Waals surface area contributed by atoms with Gasteiger partial charge < -0.3 is 5.11 Å². The predicted molar refractivity (Wildman–Crippen MR) is 71.1 cm³/mol. The van der Waals surface area contributed by atoms with Gasteiger partial charge in [0.15, 0.2) is 0 Å². The first kappa shape index (κ1) is 16.0. The van der Waals surface area contributed by atoms with Crippen LogP contribution < -0.4 is 0 Å². The Morgan fingerprint density at radius 2 is 1.88 bits per heavy atom. The number of phenols is 1. The Labute approximate surface area is 122 Å². The Bertz CT molecular complexity index is 332.